The second kappa shape index (κ2) is 3.52. The van der Waals surface area contributed by atoms with Crippen LogP contribution in [-0.4, -0.2) is 24.3 Å². The number of oxime groups is 1. The molecule has 5 heteroatoms. The fraction of sp³-hybridized carbons (Fsp3) is 0.273. The van der Waals surface area contributed by atoms with Crippen molar-refractivity contribution in [3.8, 4) is 5.75 Å². The Kier molecular flexibility index (Phi) is 2.02. The molecule has 0 saturated heterocycles. The standard InChI is InChI=1S/C11H12N4O/c12-11-13-6-9(14-11)8-5-7-3-1-2-4-10(7)16-15-8/h1-4,9H,5-6H2,(H3,12,13,14). The van der Waals surface area contributed by atoms with Crippen molar-refractivity contribution < 1.29 is 4.84 Å². The highest BCUT2D eigenvalue weighted by atomic mass is 16.6. The molecular weight excluding hydrogens is 204 g/mol. The van der Waals surface area contributed by atoms with Gasteiger partial charge in [-0.25, -0.2) is 4.99 Å². The molecule has 0 saturated carbocycles. The summed E-state index contributed by atoms with van der Waals surface area (Å²) >= 11 is 0. The summed E-state index contributed by atoms with van der Waals surface area (Å²) in [5.41, 5.74) is 7.64. The summed E-state index contributed by atoms with van der Waals surface area (Å²) in [7, 11) is 0. The van der Waals surface area contributed by atoms with Gasteiger partial charge in [-0.3, -0.25) is 0 Å². The number of hydrogen-bond donors (Lipinski definition) is 2. The Morgan fingerprint density at radius 3 is 3.06 bits per heavy atom. The van der Waals surface area contributed by atoms with E-state index in [2.05, 4.69) is 15.5 Å². The van der Waals surface area contributed by atoms with Crippen molar-refractivity contribution in [2.24, 2.45) is 15.9 Å². The van der Waals surface area contributed by atoms with E-state index in [4.69, 9.17) is 10.6 Å². The van der Waals surface area contributed by atoms with Crippen LogP contribution in [-0.2, 0) is 6.42 Å². The van der Waals surface area contributed by atoms with E-state index in [1.807, 2.05) is 24.3 Å². The Labute approximate surface area is 93.0 Å². The van der Waals surface area contributed by atoms with Gasteiger partial charge in [-0.2, -0.15) is 0 Å². The number of nitrogens with one attached hydrogen (secondary N) is 1. The fourth-order valence-electron chi connectivity index (χ4n) is 1.91. The Morgan fingerprint density at radius 2 is 2.25 bits per heavy atom. The monoisotopic (exact) mass is 216 g/mol. The Morgan fingerprint density at radius 1 is 1.38 bits per heavy atom. The number of aliphatic imine (C=N–C) groups is 1. The molecule has 0 fully saturated rings. The van der Waals surface area contributed by atoms with E-state index in [0.717, 1.165) is 23.4 Å². The quantitative estimate of drug-likeness (QED) is 0.707. The molecule has 0 radical (unpaired) electrons. The maximum absolute atomic E-state index is 5.57. The fourth-order valence-corrected chi connectivity index (χ4v) is 1.91. The molecule has 0 amide bonds. The maximum atomic E-state index is 5.57. The summed E-state index contributed by atoms with van der Waals surface area (Å²) in [5, 5.41) is 7.08. The largest absolute Gasteiger partial charge is 0.370 e. The van der Waals surface area contributed by atoms with E-state index in [9.17, 15) is 0 Å². The molecule has 16 heavy (non-hydrogen) atoms. The summed E-state index contributed by atoms with van der Waals surface area (Å²) in [5.74, 6) is 1.31. The van der Waals surface area contributed by atoms with E-state index < -0.39 is 0 Å². The molecule has 0 spiro atoms. The van der Waals surface area contributed by atoms with Gasteiger partial charge in [-0.1, -0.05) is 23.4 Å². The number of hydrogen-bond acceptors (Lipinski definition) is 5. The highest BCUT2D eigenvalue weighted by Gasteiger charge is 2.25. The number of nitrogens with zero attached hydrogens (tertiary/aromatic N) is 2. The predicted octanol–water partition coefficient (Wildman–Crippen LogP) is 0.264. The van der Waals surface area contributed by atoms with Crippen molar-refractivity contribution >= 4 is 11.7 Å². The minimum Gasteiger partial charge on any atom is -0.370 e. The zero-order valence-electron chi connectivity index (χ0n) is 8.68. The van der Waals surface area contributed by atoms with Crippen LogP contribution >= 0.6 is 0 Å². The lowest BCUT2D eigenvalue weighted by Crippen LogP contribution is -2.31. The van der Waals surface area contributed by atoms with E-state index in [1.165, 1.54) is 0 Å². The third kappa shape index (κ3) is 1.50. The van der Waals surface area contributed by atoms with Crippen molar-refractivity contribution in [1.29, 1.82) is 0 Å². The van der Waals surface area contributed by atoms with Crippen LogP contribution in [0.4, 0.5) is 0 Å². The molecule has 1 unspecified atom stereocenters. The molecule has 5 nitrogen and oxygen atoms in total. The van der Waals surface area contributed by atoms with Gasteiger partial charge in [0.15, 0.2) is 11.7 Å². The Bertz CT molecular complexity index is 481. The highest BCUT2D eigenvalue weighted by molar-refractivity contribution is 5.96. The smallest absolute Gasteiger partial charge is 0.189 e. The van der Waals surface area contributed by atoms with Gasteiger partial charge in [0.25, 0.3) is 0 Å². The van der Waals surface area contributed by atoms with Gasteiger partial charge in [0.2, 0.25) is 0 Å². The third-order valence-corrected chi connectivity index (χ3v) is 2.76. The van der Waals surface area contributed by atoms with E-state index in [0.29, 0.717) is 12.5 Å². The molecular formula is C11H12N4O. The van der Waals surface area contributed by atoms with E-state index >= 15 is 0 Å². The lowest BCUT2D eigenvalue weighted by Gasteiger charge is -2.17. The number of para-hydroxylation sites is 1. The number of fused-ring (bicyclic) bond motifs is 1. The number of guanidine groups is 1. The van der Waals surface area contributed by atoms with E-state index in [-0.39, 0.29) is 6.04 Å². The second-order valence-electron chi connectivity index (χ2n) is 3.87. The molecule has 1 aromatic rings. The summed E-state index contributed by atoms with van der Waals surface area (Å²) in [4.78, 5) is 9.59. The zero-order chi connectivity index (χ0) is 11.0. The van der Waals surface area contributed by atoms with Gasteiger partial charge < -0.3 is 15.9 Å². The Hall–Kier alpha value is -2.04. The average Bonchev–Trinajstić information content (AvgIpc) is 2.75. The molecule has 2 aliphatic heterocycles. The first-order valence-electron chi connectivity index (χ1n) is 5.22. The van der Waals surface area contributed by atoms with E-state index in [1.54, 1.807) is 0 Å². The summed E-state index contributed by atoms with van der Waals surface area (Å²) in [6, 6.07) is 7.90. The van der Waals surface area contributed by atoms with Gasteiger partial charge in [-0.15, -0.1) is 0 Å². The van der Waals surface area contributed by atoms with Crippen LogP contribution in [0.15, 0.2) is 34.4 Å². The summed E-state index contributed by atoms with van der Waals surface area (Å²) in [6.07, 6.45) is 0.777. The van der Waals surface area contributed by atoms with Crippen molar-refractivity contribution in [2.75, 3.05) is 6.54 Å². The minimum absolute atomic E-state index is 0.00774. The van der Waals surface area contributed by atoms with Crippen LogP contribution in [0.25, 0.3) is 0 Å². The van der Waals surface area contributed by atoms with Crippen molar-refractivity contribution in [3.63, 3.8) is 0 Å². The van der Waals surface area contributed by atoms with Crippen molar-refractivity contribution in [2.45, 2.75) is 12.5 Å². The molecule has 2 heterocycles. The number of rotatable bonds is 1. The molecule has 2 aliphatic rings. The van der Waals surface area contributed by atoms with Gasteiger partial charge in [-0.05, 0) is 6.07 Å². The van der Waals surface area contributed by atoms with Gasteiger partial charge in [0.1, 0.15) is 6.04 Å². The van der Waals surface area contributed by atoms with Crippen molar-refractivity contribution in [3.05, 3.63) is 29.8 Å². The predicted molar refractivity (Wildman–Crippen MR) is 61.6 cm³/mol. The van der Waals surface area contributed by atoms with Crippen LogP contribution in [0.1, 0.15) is 5.56 Å². The Balaban J connectivity index is 1.84. The third-order valence-electron chi connectivity index (χ3n) is 2.76. The summed E-state index contributed by atoms with van der Waals surface area (Å²) in [6.45, 7) is 0.705. The molecule has 0 aliphatic carbocycles. The van der Waals surface area contributed by atoms with Crippen LogP contribution in [0.5, 0.6) is 5.75 Å². The lowest BCUT2D eigenvalue weighted by molar-refractivity contribution is 0.327. The molecule has 82 valence electrons. The second-order valence-corrected chi connectivity index (χ2v) is 3.87. The average molecular weight is 216 g/mol. The topological polar surface area (TPSA) is 72.0 Å². The molecule has 0 aromatic heterocycles. The number of benzene rings is 1. The number of nitrogens with two attached hydrogens (primary N) is 1. The van der Waals surface area contributed by atoms with Crippen LogP contribution in [0.3, 0.4) is 0 Å². The minimum atomic E-state index is 0.00774. The first-order chi connectivity index (χ1) is 7.83. The molecule has 1 aromatic carbocycles. The summed E-state index contributed by atoms with van der Waals surface area (Å²) < 4.78 is 0. The molecule has 0 bridgehead atoms. The van der Waals surface area contributed by atoms with Crippen LogP contribution < -0.4 is 15.9 Å². The van der Waals surface area contributed by atoms with Crippen LogP contribution in [0, 0.1) is 0 Å². The first-order valence-corrected chi connectivity index (χ1v) is 5.22. The van der Waals surface area contributed by atoms with Gasteiger partial charge in [0, 0.05) is 18.5 Å². The first kappa shape index (κ1) is 9.21. The maximum Gasteiger partial charge on any atom is 0.189 e. The zero-order valence-corrected chi connectivity index (χ0v) is 8.68. The lowest BCUT2D eigenvalue weighted by atomic mass is 10.0. The highest BCUT2D eigenvalue weighted by Crippen LogP contribution is 2.24. The molecule has 3 rings (SSSR count). The molecule has 1 atom stereocenters. The SMILES string of the molecule is NC1=NC(C2=NOc3ccccc3C2)CN1. The normalized spacial score (nSPS) is 22.6. The van der Waals surface area contributed by atoms with Crippen LogP contribution in [0.2, 0.25) is 0 Å². The van der Waals surface area contributed by atoms with Crippen molar-refractivity contribution in [1.82, 2.24) is 5.32 Å². The van der Waals surface area contributed by atoms with Gasteiger partial charge >= 0.3 is 0 Å². The molecule has 3 N–H and O–H groups in total. The van der Waals surface area contributed by atoms with Gasteiger partial charge in [0.05, 0.1) is 5.71 Å².